The summed E-state index contributed by atoms with van der Waals surface area (Å²) in [4.78, 5) is 2.07. The molecule has 0 spiro atoms. The average Bonchev–Trinajstić information content (AvgIpc) is 2.38. The van der Waals surface area contributed by atoms with Crippen LogP contribution in [0.15, 0.2) is 24.3 Å². The van der Waals surface area contributed by atoms with Crippen LogP contribution in [-0.4, -0.2) is 37.2 Å². The lowest BCUT2D eigenvalue weighted by molar-refractivity contribution is -0.137. The van der Waals surface area contributed by atoms with Gasteiger partial charge in [0.1, 0.15) is 0 Å². The number of nitrogens with zero attached hydrogens (tertiary/aromatic N) is 1. The molecule has 19 heavy (non-hydrogen) atoms. The first-order chi connectivity index (χ1) is 8.99. The summed E-state index contributed by atoms with van der Waals surface area (Å²) >= 11 is 0. The molecule has 0 amide bonds. The maximum Gasteiger partial charge on any atom is 0.416 e. The van der Waals surface area contributed by atoms with E-state index in [9.17, 15) is 13.2 Å². The van der Waals surface area contributed by atoms with E-state index in [2.05, 4.69) is 4.90 Å². The molecule has 106 valence electrons. The number of alkyl halides is 3. The molecule has 2 rings (SSSR count). The van der Waals surface area contributed by atoms with Gasteiger partial charge in [-0.25, -0.2) is 0 Å². The summed E-state index contributed by atoms with van der Waals surface area (Å²) in [6.45, 7) is 2.86. The van der Waals surface area contributed by atoms with Crippen molar-refractivity contribution < 1.29 is 17.9 Å². The summed E-state index contributed by atoms with van der Waals surface area (Å²) in [6.07, 6.45) is -4.32. The smallest absolute Gasteiger partial charge is 0.374 e. The van der Waals surface area contributed by atoms with Crippen LogP contribution < -0.4 is 5.73 Å². The van der Waals surface area contributed by atoms with Crippen molar-refractivity contribution in [3.8, 4) is 0 Å². The molecule has 1 aromatic carbocycles. The maximum atomic E-state index is 12.6. The summed E-state index contributed by atoms with van der Waals surface area (Å²) in [5.74, 6) is 0. The highest BCUT2D eigenvalue weighted by molar-refractivity contribution is 5.25. The van der Waals surface area contributed by atoms with Gasteiger partial charge in [-0.3, -0.25) is 4.90 Å². The molecule has 1 atom stereocenters. The third-order valence-electron chi connectivity index (χ3n) is 3.15. The molecule has 0 unspecified atom stereocenters. The third-order valence-corrected chi connectivity index (χ3v) is 3.15. The monoisotopic (exact) mass is 274 g/mol. The molecule has 1 aliphatic heterocycles. The molecule has 6 heteroatoms. The summed E-state index contributed by atoms with van der Waals surface area (Å²) in [5, 5.41) is 0. The van der Waals surface area contributed by atoms with E-state index in [4.69, 9.17) is 10.5 Å². The van der Waals surface area contributed by atoms with Gasteiger partial charge in [0.15, 0.2) is 0 Å². The Morgan fingerprint density at radius 2 is 2.16 bits per heavy atom. The minimum Gasteiger partial charge on any atom is -0.374 e. The average molecular weight is 274 g/mol. The van der Waals surface area contributed by atoms with Gasteiger partial charge in [-0.2, -0.15) is 13.2 Å². The molecular formula is C13H17F3N2O. The van der Waals surface area contributed by atoms with Crippen molar-refractivity contribution in [1.82, 2.24) is 4.90 Å². The van der Waals surface area contributed by atoms with Crippen molar-refractivity contribution in [3.63, 3.8) is 0 Å². The van der Waals surface area contributed by atoms with Crippen LogP contribution in [0, 0.1) is 0 Å². The van der Waals surface area contributed by atoms with Crippen molar-refractivity contribution in [2.45, 2.75) is 18.8 Å². The fraction of sp³-hybridized carbons (Fsp3) is 0.538. The van der Waals surface area contributed by atoms with Gasteiger partial charge >= 0.3 is 6.18 Å². The predicted molar refractivity (Wildman–Crippen MR) is 65.5 cm³/mol. The van der Waals surface area contributed by atoms with Gasteiger partial charge in [0.05, 0.1) is 18.3 Å². The second-order valence-electron chi connectivity index (χ2n) is 4.66. The van der Waals surface area contributed by atoms with Gasteiger partial charge in [0, 0.05) is 26.2 Å². The second kappa shape index (κ2) is 5.90. The van der Waals surface area contributed by atoms with Crippen LogP contribution in [-0.2, 0) is 17.5 Å². The Bertz CT molecular complexity index is 423. The van der Waals surface area contributed by atoms with E-state index < -0.39 is 11.7 Å². The first-order valence-electron chi connectivity index (χ1n) is 6.19. The highest BCUT2D eigenvalue weighted by Gasteiger charge is 2.30. The molecule has 0 saturated carbocycles. The summed E-state index contributed by atoms with van der Waals surface area (Å²) in [5.41, 5.74) is 5.60. The van der Waals surface area contributed by atoms with Gasteiger partial charge in [0.2, 0.25) is 0 Å². The lowest BCUT2D eigenvalue weighted by Crippen LogP contribution is -2.45. The Morgan fingerprint density at radius 3 is 2.84 bits per heavy atom. The summed E-state index contributed by atoms with van der Waals surface area (Å²) < 4.78 is 43.3. The van der Waals surface area contributed by atoms with Crippen LogP contribution in [0.5, 0.6) is 0 Å². The lowest BCUT2D eigenvalue weighted by atomic mass is 10.1. The molecule has 0 aromatic heterocycles. The maximum absolute atomic E-state index is 12.6. The lowest BCUT2D eigenvalue weighted by Gasteiger charge is -2.32. The van der Waals surface area contributed by atoms with E-state index in [-0.39, 0.29) is 6.10 Å². The zero-order valence-corrected chi connectivity index (χ0v) is 10.5. The molecule has 0 bridgehead atoms. The second-order valence-corrected chi connectivity index (χ2v) is 4.66. The standard InChI is InChI=1S/C13H17F3N2O/c14-13(15,16)11-3-1-2-10(6-11)8-18-4-5-19-12(7-17)9-18/h1-3,6,12H,4-5,7-9,17H2/t12-/m0/s1. The SMILES string of the molecule is NC[C@H]1CN(Cc2cccc(C(F)(F)F)c2)CCO1. The molecule has 0 radical (unpaired) electrons. The fourth-order valence-electron chi connectivity index (χ4n) is 2.17. The van der Waals surface area contributed by atoms with Gasteiger partial charge in [-0.1, -0.05) is 18.2 Å². The molecule has 1 fully saturated rings. The number of rotatable bonds is 3. The molecule has 2 N–H and O–H groups in total. The molecular weight excluding hydrogens is 257 g/mol. The summed E-state index contributed by atoms with van der Waals surface area (Å²) in [6, 6.07) is 5.44. The topological polar surface area (TPSA) is 38.5 Å². The molecule has 0 aliphatic carbocycles. The van der Waals surface area contributed by atoms with Crippen molar-refractivity contribution in [2.75, 3.05) is 26.2 Å². The third kappa shape index (κ3) is 3.92. The van der Waals surface area contributed by atoms with Crippen LogP contribution in [0.1, 0.15) is 11.1 Å². The predicted octanol–water partition coefficient (Wildman–Crippen LogP) is 1.86. The van der Waals surface area contributed by atoms with Gasteiger partial charge in [0.25, 0.3) is 0 Å². The van der Waals surface area contributed by atoms with Crippen LogP contribution in [0.4, 0.5) is 13.2 Å². The van der Waals surface area contributed by atoms with E-state index in [1.807, 2.05) is 0 Å². The fourth-order valence-corrected chi connectivity index (χ4v) is 2.17. The van der Waals surface area contributed by atoms with Gasteiger partial charge in [-0.15, -0.1) is 0 Å². The molecule has 1 aromatic rings. The van der Waals surface area contributed by atoms with Crippen molar-refractivity contribution in [2.24, 2.45) is 5.73 Å². The number of hydrogen-bond acceptors (Lipinski definition) is 3. The summed E-state index contributed by atoms with van der Waals surface area (Å²) in [7, 11) is 0. The minimum absolute atomic E-state index is 0.0282. The molecule has 1 heterocycles. The van der Waals surface area contributed by atoms with E-state index in [1.54, 1.807) is 6.07 Å². The highest BCUT2D eigenvalue weighted by atomic mass is 19.4. The number of nitrogens with two attached hydrogens (primary N) is 1. The Balaban J connectivity index is 2.03. The first kappa shape index (κ1) is 14.3. The number of hydrogen-bond donors (Lipinski definition) is 1. The van der Waals surface area contributed by atoms with E-state index in [0.717, 1.165) is 6.07 Å². The molecule has 3 nitrogen and oxygen atoms in total. The number of ether oxygens (including phenoxy) is 1. The van der Waals surface area contributed by atoms with Crippen molar-refractivity contribution in [3.05, 3.63) is 35.4 Å². The Kier molecular flexibility index (Phi) is 4.44. The number of halogens is 3. The zero-order chi connectivity index (χ0) is 13.9. The molecule has 1 aliphatic rings. The normalized spacial score (nSPS) is 21.6. The highest BCUT2D eigenvalue weighted by Crippen LogP contribution is 2.29. The molecule has 1 saturated heterocycles. The van der Waals surface area contributed by atoms with Crippen molar-refractivity contribution in [1.29, 1.82) is 0 Å². The van der Waals surface area contributed by atoms with E-state index >= 15 is 0 Å². The van der Waals surface area contributed by atoms with Crippen molar-refractivity contribution >= 4 is 0 Å². The van der Waals surface area contributed by atoms with E-state index in [1.165, 1.54) is 12.1 Å². The number of morpholine rings is 1. The van der Waals surface area contributed by atoms with Crippen LogP contribution in [0.2, 0.25) is 0 Å². The minimum atomic E-state index is -4.29. The van der Waals surface area contributed by atoms with E-state index in [0.29, 0.717) is 38.3 Å². The first-order valence-corrected chi connectivity index (χ1v) is 6.19. The largest absolute Gasteiger partial charge is 0.416 e. The Hall–Kier alpha value is -1.11. The van der Waals surface area contributed by atoms with Crippen LogP contribution >= 0.6 is 0 Å². The van der Waals surface area contributed by atoms with Gasteiger partial charge < -0.3 is 10.5 Å². The quantitative estimate of drug-likeness (QED) is 0.914. The Morgan fingerprint density at radius 1 is 1.37 bits per heavy atom. The number of benzene rings is 1. The van der Waals surface area contributed by atoms with Crippen LogP contribution in [0.25, 0.3) is 0 Å². The van der Waals surface area contributed by atoms with Gasteiger partial charge in [-0.05, 0) is 11.6 Å². The van der Waals surface area contributed by atoms with Crippen LogP contribution in [0.3, 0.4) is 0 Å². The zero-order valence-electron chi connectivity index (χ0n) is 10.5. The Labute approximate surface area is 110 Å².